The van der Waals surface area contributed by atoms with Crippen LogP contribution in [0.25, 0.3) is 0 Å². The molecule has 2 aliphatic rings. The predicted octanol–water partition coefficient (Wildman–Crippen LogP) is -0.492. The lowest BCUT2D eigenvalue weighted by molar-refractivity contribution is 0.167. The Balaban J connectivity index is 1.58. The second-order valence-electron chi connectivity index (χ2n) is 5.18. The predicted molar refractivity (Wildman–Crippen MR) is 64.7 cm³/mol. The van der Waals surface area contributed by atoms with E-state index in [2.05, 4.69) is 20.7 Å². The number of H-pyrrole nitrogens is 1. The van der Waals surface area contributed by atoms with Gasteiger partial charge in [-0.3, -0.25) is 0 Å². The van der Waals surface area contributed by atoms with Crippen LogP contribution in [0.1, 0.15) is 5.69 Å². The molecule has 7 nitrogen and oxygen atoms in total. The SMILES string of the molecule is CN(Cc1cn[nH]n1)C(=O)N1C[C@H]2CNC[C@H]2C1. The third-order valence-corrected chi connectivity index (χ3v) is 3.85. The molecule has 2 atom stereocenters. The summed E-state index contributed by atoms with van der Waals surface area (Å²) in [6, 6.07) is 0.0902. The molecule has 2 N–H and O–H groups in total. The second-order valence-corrected chi connectivity index (χ2v) is 5.18. The van der Waals surface area contributed by atoms with Crippen LogP contribution in [0.2, 0.25) is 0 Å². The van der Waals surface area contributed by atoms with Crippen molar-refractivity contribution in [2.24, 2.45) is 11.8 Å². The van der Waals surface area contributed by atoms with Crippen LogP contribution in [0, 0.1) is 11.8 Å². The van der Waals surface area contributed by atoms with Crippen molar-refractivity contribution in [3.05, 3.63) is 11.9 Å². The summed E-state index contributed by atoms with van der Waals surface area (Å²) in [6.45, 7) is 4.33. The highest BCUT2D eigenvalue weighted by Crippen LogP contribution is 2.26. The molecule has 0 bridgehead atoms. The van der Waals surface area contributed by atoms with E-state index in [1.165, 1.54) is 0 Å². The highest BCUT2D eigenvalue weighted by Gasteiger charge is 2.38. The van der Waals surface area contributed by atoms with Gasteiger partial charge in [0.05, 0.1) is 12.7 Å². The Hall–Kier alpha value is -1.63. The molecule has 1 aromatic rings. The van der Waals surface area contributed by atoms with Crippen molar-refractivity contribution in [3.63, 3.8) is 0 Å². The van der Waals surface area contributed by atoms with Crippen molar-refractivity contribution in [3.8, 4) is 0 Å². The first-order valence-electron chi connectivity index (χ1n) is 6.29. The molecule has 0 unspecified atom stereocenters. The quantitative estimate of drug-likeness (QED) is 0.742. The molecule has 2 fully saturated rings. The van der Waals surface area contributed by atoms with Crippen molar-refractivity contribution >= 4 is 6.03 Å². The number of aromatic nitrogens is 3. The van der Waals surface area contributed by atoms with E-state index in [1.54, 1.807) is 11.1 Å². The summed E-state index contributed by atoms with van der Waals surface area (Å²) in [5, 5.41) is 13.6. The van der Waals surface area contributed by atoms with Gasteiger partial charge in [0.1, 0.15) is 5.69 Å². The summed E-state index contributed by atoms with van der Waals surface area (Å²) in [5.74, 6) is 1.27. The summed E-state index contributed by atoms with van der Waals surface area (Å²) in [6.07, 6.45) is 1.65. The number of fused-ring (bicyclic) bond motifs is 1. The van der Waals surface area contributed by atoms with Gasteiger partial charge in [-0.15, -0.1) is 0 Å². The summed E-state index contributed by atoms with van der Waals surface area (Å²) in [5.41, 5.74) is 0.784. The van der Waals surface area contributed by atoms with Crippen molar-refractivity contribution < 1.29 is 4.79 Å². The molecule has 2 amide bonds. The molecule has 2 saturated heterocycles. The summed E-state index contributed by atoms with van der Waals surface area (Å²) in [7, 11) is 1.81. The van der Waals surface area contributed by atoms with Gasteiger partial charge in [0.2, 0.25) is 0 Å². The third-order valence-electron chi connectivity index (χ3n) is 3.85. The van der Waals surface area contributed by atoms with Gasteiger partial charge in [0, 0.05) is 33.2 Å². The topological polar surface area (TPSA) is 77.2 Å². The summed E-state index contributed by atoms with van der Waals surface area (Å²) in [4.78, 5) is 15.9. The van der Waals surface area contributed by atoms with Crippen LogP contribution in [-0.4, -0.2) is 64.5 Å². The zero-order chi connectivity index (χ0) is 12.5. The van der Waals surface area contributed by atoms with E-state index in [0.29, 0.717) is 18.4 Å². The molecule has 0 aliphatic carbocycles. The Morgan fingerprint density at radius 2 is 2.22 bits per heavy atom. The zero-order valence-electron chi connectivity index (χ0n) is 10.5. The first-order valence-corrected chi connectivity index (χ1v) is 6.29. The van der Waals surface area contributed by atoms with Crippen LogP contribution >= 0.6 is 0 Å². The molecule has 0 aromatic carbocycles. The molecule has 0 spiro atoms. The number of aromatic amines is 1. The van der Waals surface area contributed by atoms with Crippen molar-refractivity contribution in [1.29, 1.82) is 0 Å². The van der Waals surface area contributed by atoms with Gasteiger partial charge in [-0.25, -0.2) is 4.79 Å². The van der Waals surface area contributed by atoms with Crippen molar-refractivity contribution in [2.45, 2.75) is 6.54 Å². The molecule has 18 heavy (non-hydrogen) atoms. The average Bonchev–Trinajstić information content (AvgIpc) is 3.02. The van der Waals surface area contributed by atoms with Crippen LogP contribution in [-0.2, 0) is 6.54 Å². The first kappa shape index (κ1) is 11.5. The molecule has 2 aliphatic heterocycles. The Labute approximate surface area is 106 Å². The molecule has 98 valence electrons. The van der Waals surface area contributed by atoms with Gasteiger partial charge >= 0.3 is 6.03 Å². The highest BCUT2D eigenvalue weighted by atomic mass is 16.2. The Morgan fingerprint density at radius 3 is 2.83 bits per heavy atom. The monoisotopic (exact) mass is 250 g/mol. The van der Waals surface area contributed by atoms with E-state index in [-0.39, 0.29) is 6.03 Å². The normalized spacial score (nSPS) is 26.4. The van der Waals surface area contributed by atoms with Crippen LogP contribution < -0.4 is 5.32 Å². The van der Waals surface area contributed by atoms with E-state index in [0.717, 1.165) is 31.9 Å². The number of nitrogens with zero attached hydrogens (tertiary/aromatic N) is 4. The minimum absolute atomic E-state index is 0.0902. The van der Waals surface area contributed by atoms with Gasteiger partial charge < -0.3 is 15.1 Å². The summed E-state index contributed by atoms with van der Waals surface area (Å²) < 4.78 is 0. The fraction of sp³-hybridized carbons (Fsp3) is 0.727. The van der Waals surface area contributed by atoms with E-state index < -0.39 is 0 Å². The number of amides is 2. The van der Waals surface area contributed by atoms with E-state index in [4.69, 9.17) is 0 Å². The smallest absolute Gasteiger partial charge is 0.320 e. The average molecular weight is 250 g/mol. The maximum absolute atomic E-state index is 12.3. The number of hydrogen-bond acceptors (Lipinski definition) is 4. The largest absolute Gasteiger partial charge is 0.324 e. The van der Waals surface area contributed by atoms with Crippen LogP contribution in [0.3, 0.4) is 0 Å². The molecular formula is C11H18N6O. The van der Waals surface area contributed by atoms with Crippen molar-refractivity contribution in [2.75, 3.05) is 33.2 Å². The number of urea groups is 1. The zero-order valence-corrected chi connectivity index (χ0v) is 10.5. The second kappa shape index (κ2) is 4.56. The Morgan fingerprint density at radius 1 is 1.50 bits per heavy atom. The molecule has 1 aromatic heterocycles. The minimum atomic E-state index is 0.0902. The molecular weight excluding hydrogens is 232 g/mol. The Bertz CT molecular complexity index is 407. The maximum Gasteiger partial charge on any atom is 0.320 e. The number of carbonyl (C=O) groups excluding carboxylic acids is 1. The van der Waals surface area contributed by atoms with Crippen molar-refractivity contribution in [1.82, 2.24) is 30.5 Å². The van der Waals surface area contributed by atoms with Crippen LogP contribution in [0.5, 0.6) is 0 Å². The molecule has 3 heterocycles. The molecule has 0 saturated carbocycles. The fourth-order valence-corrected chi connectivity index (χ4v) is 2.87. The number of rotatable bonds is 2. The fourth-order valence-electron chi connectivity index (χ4n) is 2.87. The van der Waals surface area contributed by atoms with Crippen LogP contribution in [0.4, 0.5) is 4.79 Å². The number of likely N-dealkylation sites (tertiary alicyclic amines) is 1. The molecule has 3 rings (SSSR count). The van der Waals surface area contributed by atoms with E-state index >= 15 is 0 Å². The van der Waals surface area contributed by atoms with Gasteiger partial charge in [-0.05, 0) is 11.8 Å². The highest BCUT2D eigenvalue weighted by molar-refractivity contribution is 5.74. The number of nitrogens with one attached hydrogen (secondary N) is 2. The molecule has 7 heteroatoms. The lowest BCUT2D eigenvalue weighted by Gasteiger charge is -2.24. The third kappa shape index (κ3) is 2.05. The number of hydrogen-bond donors (Lipinski definition) is 2. The van der Waals surface area contributed by atoms with Crippen LogP contribution in [0.15, 0.2) is 6.20 Å². The lowest BCUT2D eigenvalue weighted by Crippen LogP contribution is -2.40. The van der Waals surface area contributed by atoms with Gasteiger partial charge in [0.25, 0.3) is 0 Å². The number of carbonyl (C=O) groups is 1. The first-order chi connectivity index (χ1) is 8.74. The standard InChI is InChI=1S/C11H18N6O/c1-16(7-10-4-13-15-14-10)11(18)17-5-8-2-12-3-9(8)6-17/h4,8-9,12H,2-3,5-7H2,1H3,(H,13,14,15)/t8-,9+. The van der Waals surface area contributed by atoms with Gasteiger partial charge in [-0.1, -0.05) is 0 Å². The van der Waals surface area contributed by atoms with Gasteiger partial charge in [-0.2, -0.15) is 15.4 Å². The van der Waals surface area contributed by atoms with E-state index in [1.807, 2.05) is 11.9 Å². The van der Waals surface area contributed by atoms with Gasteiger partial charge in [0.15, 0.2) is 0 Å². The maximum atomic E-state index is 12.3. The van der Waals surface area contributed by atoms with E-state index in [9.17, 15) is 4.79 Å². The molecule has 0 radical (unpaired) electrons. The Kier molecular flexibility index (Phi) is 2.91. The summed E-state index contributed by atoms with van der Waals surface area (Å²) >= 11 is 0. The lowest BCUT2D eigenvalue weighted by atomic mass is 10.0. The minimum Gasteiger partial charge on any atom is -0.324 e.